The third-order valence-electron chi connectivity index (χ3n) is 3.91. The van der Waals surface area contributed by atoms with Crippen LogP contribution in [0.1, 0.15) is 58.7 Å². The van der Waals surface area contributed by atoms with Gasteiger partial charge in [-0.2, -0.15) is 5.10 Å². The number of hydrogen-bond donors (Lipinski definition) is 0. The van der Waals surface area contributed by atoms with Crippen molar-refractivity contribution in [2.75, 3.05) is 0 Å². The minimum atomic E-state index is 0. The van der Waals surface area contributed by atoms with E-state index in [4.69, 9.17) is 0 Å². The third-order valence-corrected chi connectivity index (χ3v) is 3.91. The summed E-state index contributed by atoms with van der Waals surface area (Å²) in [5, 5.41) is 4.55. The fourth-order valence-electron chi connectivity index (χ4n) is 2.99. The Morgan fingerprint density at radius 2 is 1.43 bits per heavy atom. The van der Waals surface area contributed by atoms with Crippen molar-refractivity contribution in [2.45, 2.75) is 60.4 Å². The second-order valence-corrected chi connectivity index (χ2v) is 7.45. The number of benzene rings is 1. The van der Waals surface area contributed by atoms with Crippen molar-refractivity contribution in [2.24, 2.45) is 11.8 Å². The molecule has 2 aromatic rings. The molecule has 0 N–H and O–H groups in total. The summed E-state index contributed by atoms with van der Waals surface area (Å²) in [4.78, 5) is 0. The summed E-state index contributed by atoms with van der Waals surface area (Å²) < 4.78 is 2.06. The first-order valence-corrected chi connectivity index (χ1v) is 8.53. The van der Waals surface area contributed by atoms with Crippen LogP contribution in [0.3, 0.4) is 0 Å². The first kappa shape index (κ1) is 20.2. The molecule has 2 rings (SSSR count). The summed E-state index contributed by atoms with van der Waals surface area (Å²) in [6, 6.07) is 7.18. The maximum atomic E-state index is 4.55. The summed E-state index contributed by atoms with van der Waals surface area (Å²) in [5.74, 6) is 1.32. The van der Waals surface area contributed by atoms with E-state index < -0.39 is 0 Å². The van der Waals surface area contributed by atoms with E-state index in [-0.39, 0.29) is 21.1 Å². The molecule has 0 aliphatic heterocycles. The maximum absolute atomic E-state index is 4.55. The summed E-state index contributed by atoms with van der Waals surface area (Å²) in [7, 11) is 0. The number of nitrogens with zero attached hydrogens (tertiary/aromatic N) is 2. The number of hydrogen-bond acceptors (Lipinski definition) is 1. The van der Waals surface area contributed by atoms with Crippen LogP contribution in [-0.2, 0) is 33.9 Å². The van der Waals surface area contributed by atoms with Gasteiger partial charge in [-0.1, -0.05) is 45.9 Å². The van der Waals surface area contributed by atoms with Gasteiger partial charge in [0.2, 0.25) is 0 Å². The minimum absolute atomic E-state index is 0. The van der Waals surface area contributed by atoms with E-state index in [1.165, 1.54) is 22.3 Å². The van der Waals surface area contributed by atoms with Gasteiger partial charge < -0.3 is 0 Å². The number of aromatic nitrogens is 2. The predicted molar refractivity (Wildman–Crippen MR) is 95.1 cm³/mol. The van der Waals surface area contributed by atoms with Crippen LogP contribution < -0.4 is 0 Å². The largest absolute Gasteiger partial charge is 0.270 e. The molecule has 0 amide bonds. The van der Waals surface area contributed by atoms with E-state index in [9.17, 15) is 0 Å². The van der Waals surface area contributed by atoms with Crippen molar-refractivity contribution in [1.29, 1.82) is 0 Å². The molecule has 0 saturated heterocycles. The fourth-order valence-corrected chi connectivity index (χ4v) is 2.99. The molecular weight excluding hydrogens is 463 g/mol. The summed E-state index contributed by atoms with van der Waals surface area (Å²) in [5.41, 5.74) is 5.59. The summed E-state index contributed by atoms with van der Waals surface area (Å²) in [6.07, 6.45) is 6.47. The molecule has 0 spiro atoms. The molecular formula is C20H30N2Pt. The van der Waals surface area contributed by atoms with Gasteiger partial charge in [0.1, 0.15) is 0 Å². The Kier molecular flexibility index (Phi) is 7.74. The zero-order chi connectivity index (χ0) is 16.3. The van der Waals surface area contributed by atoms with Gasteiger partial charge in [-0.15, -0.1) is 0 Å². The van der Waals surface area contributed by atoms with Gasteiger partial charge in [0, 0.05) is 38.9 Å². The molecule has 130 valence electrons. The van der Waals surface area contributed by atoms with Gasteiger partial charge in [0.25, 0.3) is 0 Å². The summed E-state index contributed by atoms with van der Waals surface area (Å²) in [6.45, 7) is 13.5. The average molecular weight is 494 g/mol. The van der Waals surface area contributed by atoms with Gasteiger partial charge >= 0.3 is 0 Å². The molecule has 23 heavy (non-hydrogen) atoms. The normalized spacial score (nSPS) is 11.3. The van der Waals surface area contributed by atoms with Crippen molar-refractivity contribution < 1.29 is 21.1 Å². The molecule has 0 unspecified atom stereocenters. The van der Waals surface area contributed by atoms with Crippen molar-refractivity contribution in [3.63, 3.8) is 0 Å². The fraction of sp³-hybridized carbons (Fsp3) is 0.550. The smallest absolute Gasteiger partial charge is 0.0568 e. The maximum Gasteiger partial charge on any atom is 0.0568 e. The average Bonchev–Trinajstić information content (AvgIpc) is 2.87. The Morgan fingerprint density at radius 1 is 0.913 bits per heavy atom. The van der Waals surface area contributed by atoms with Gasteiger partial charge in [-0.05, 0) is 55.2 Å². The van der Waals surface area contributed by atoms with E-state index in [2.05, 4.69) is 75.7 Å². The van der Waals surface area contributed by atoms with E-state index in [0.717, 1.165) is 12.8 Å². The molecule has 0 radical (unpaired) electrons. The molecule has 0 aliphatic rings. The zero-order valence-corrected chi connectivity index (χ0v) is 17.5. The second-order valence-electron chi connectivity index (χ2n) is 7.45. The van der Waals surface area contributed by atoms with Crippen molar-refractivity contribution >= 4 is 0 Å². The first-order valence-electron chi connectivity index (χ1n) is 8.53. The van der Waals surface area contributed by atoms with Crippen molar-refractivity contribution in [3.8, 4) is 11.1 Å². The SMILES string of the molecule is CC(C)Cc1cccc(CC(C)C)c1-c1cnn(C(C)C)c1.[Pt]. The van der Waals surface area contributed by atoms with Crippen LogP contribution in [0, 0.1) is 11.8 Å². The van der Waals surface area contributed by atoms with Crippen LogP contribution in [0.15, 0.2) is 30.6 Å². The molecule has 0 saturated carbocycles. The topological polar surface area (TPSA) is 17.8 Å². The Bertz CT molecular complexity index is 584. The zero-order valence-electron chi connectivity index (χ0n) is 15.2. The second kappa shape index (κ2) is 8.83. The van der Waals surface area contributed by atoms with Crippen LogP contribution in [-0.4, -0.2) is 9.78 Å². The summed E-state index contributed by atoms with van der Waals surface area (Å²) >= 11 is 0. The van der Waals surface area contributed by atoms with E-state index in [0.29, 0.717) is 17.9 Å². The van der Waals surface area contributed by atoms with Gasteiger partial charge in [0.05, 0.1) is 6.20 Å². The van der Waals surface area contributed by atoms with Gasteiger partial charge in [-0.3, -0.25) is 4.68 Å². The Morgan fingerprint density at radius 3 is 1.83 bits per heavy atom. The van der Waals surface area contributed by atoms with Gasteiger partial charge in [-0.25, -0.2) is 0 Å². The van der Waals surface area contributed by atoms with Crippen LogP contribution in [0.25, 0.3) is 11.1 Å². The van der Waals surface area contributed by atoms with E-state index in [1.54, 1.807) is 0 Å². The quantitative estimate of drug-likeness (QED) is 0.518. The minimum Gasteiger partial charge on any atom is -0.270 e. The Hall–Kier alpha value is -0.882. The molecule has 0 atom stereocenters. The predicted octanol–water partition coefficient (Wildman–Crippen LogP) is 5.53. The molecule has 3 heteroatoms. The van der Waals surface area contributed by atoms with Crippen LogP contribution in [0.5, 0.6) is 0 Å². The molecule has 1 aromatic heterocycles. The Balaban J connectivity index is 0.00000264. The molecule has 1 heterocycles. The van der Waals surface area contributed by atoms with Crippen molar-refractivity contribution in [1.82, 2.24) is 9.78 Å². The van der Waals surface area contributed by atoms with Crippen LogP contribution in [0.4, 0.5) is 0 Å². The van der Waals surface area contributed by atoms with Crippen LogP contribution in [0.2, 0.25) is 0 Å². The standard InChI is InChI=1S/C20H30N2.Pt/c1-14(2)10-17-8-7-9-18(11-15(3)4)20(17)19-12-21-22(13-19)16(5)6;/h7-9,12-16H,10-11H2,1-6H3;. The first-order chi connectivity index (χ1) is 10.4. The third kappa shape index (κ3) is 5.31. The van der Waals surface area contributed by atoms with Crippen LogP contribution >= 0.6 is 0 Å². The molecule has 2 nitrogen and oxygen atoms in total. The number of rotatable bonds is 6. The van der Waals surface area contributed by atoms with Crippen molar-refractivity contribution in [3.05, 3.63) is 41.7 Å². The van der Waals surface area contributed by atoms with Gasteiger partial charge in [0.15, 0.2) is 0 Å². The molecule has 0 fully saturated rings. The molecule has 0 bridgehead atoms. The van der Waals surface area contributed by atoms with E-state index >= 15 is 0 Å². The monoisotopic (exact) mass is 493 g/mol. The Labute approximate surface area is 155 Å². The molecule has 0 aliphatic carbocycles. The van der Waals surface area contributed by atoms with E-state index in [1.807, 2.05) is 6.20 Å². The molecule has 1 aromatic carbocycles.